The van der Waals surface area contributed by atoms with Crippen LogP contribution < -0.4 is 16.6 Å². The molecule has 3 rings (SSSR count). The maximum absolute atomic E-state index is 12.3. The fraction of sp³-hybridized carbons (Fsp3) is 0.0714. The summed E-state index contributed by atoms with van der Waals surface area (Å²) in [6, 6.07) is 5.34. The van der Waals surface area contributed by atoms with Crippen molar-refractivity contribution in [3.05, 3.63) is 68.9 Å². The lowest BCUT2D eigenvalue weighted by atomic mass is 10.2. The lowest BCUT2D eigenvalue weighted by Crippen LogP contribution is -2.26. The average molecular weight is 312 g/mol. The number of aromatic nitrogens is 5. The number of carbonyl (C=O) groups excluding carboxylic acids is 1. The van der Waals surface area contributed by atoms with Crippen molar-refractivity contribution < 1.29 is 4.79 Å². The van der Waals surface area contributed by atoms with E-state index in [0.29, 0.717) is 17.1 Å². The third kappa shape index (κ3) is 2.79. The highest BCUT2D eigenvalue weighted by atomic mass is 16.2. The Balaban J connectivity index is 1.90. The summed E-state index contributed by atoms with van der Waals surface area (Å²) in [6.07, 6.45) is 4.15. The summed E-state index contributed by atoms with van der Waals surface area (Å²) in [7, 11) is 0. The molecule has 0 fully saturated rings. The van der Waals surface area contributed by atoms with Gasteiger partial charge in [0.05, 0.1) is 17.5 Å². The fourth-order valence-electron chi connectivity index (χ4n) is 2.03. The van der Waals surface area contributed by atoms with Crippen LogP contribution in [0.4, 0.5) is 5.69 Å². The molecule has 3 N–H and O–H groups in total. The minimum atomic E-state index is -0.683. The molecule has 0 radical (unpaired) electrons. The van der Waals surface area contributed by atoms with E-state index < -0.39 is 17.2 Å². The molecular weight excluding hydrogens is 300 g/mol. The standard InChI is InChI=1S/C14H12N6O3/c1-8-9(6-17-20(8)11-4-2-3-5-15-11)12(21)18-10-7-16-14(23)19-13(10)22/h2-7H,1H3,(H,18,21)(H2,16,19,22,23). The zero-order valence-corrected chi connectivity index (χ0v) is 12.0. The van der Waals surface area contributed by atoms with Crippen LogP contribution in [0.15, 0.2) is 46.4 Å². The van der Waals surface area contributed by atoms with Crippen molar-refractivity contribution in [1.29, 1.82) is 0 Å². The van der Waals surface area contributed by atoms with E-state index in [1.807, 2.05) is 11.1 Å². The van der Waals surface area contributed by atoms with E-state index in [1.165, 1.54) is 10.9 Å². The van der Waals surface area contributed by atoms with Gasteiger partial charge in [-0.3, -0.25) is 14.6 Å². The van der Waals surface area contributed by atoms with Gasteiger partial charge in [-0.2, -0.15) is 5.10 Å². The van der Waals surface area contributed by atoms with Crippen LogP contribution >= 0.6 is 0 Å². The molecule has 9 heteroatoms. The van der Waals surface area contributed by atoms with Gasteiger partial charge in [0.15, 0.2) is 5.82 Å². The molecule has 1 amide bonds. The molecule has 9 nitrogen and oxygen atoms in total. The molecule has 0 aromatic carbocycles. The van der Waals surface area contributed by atoms with Gasteiger partial charge in [0, 0.05) is 12.4 Å². The number of anilines is 1. The van der Waals surface area contributed by atoms with E-state index in [-0.39, 0.29) is 5.69 Å². The number of nitrogens with one attached hydrogen (secondary N) is 3. The van der Waals surface area contributed by atoms with E-state index in [2.05, 4.69) is 20.4 Å². The highest BCUT2D eigenvalue weighted by Crippen LogP contribution is 2.13. The number of amides is 1. The minimum absolute atomic E-state index is 0.0559. The third-order valence-electron chi connectivity index (χ3n) is 3.19. The highest BCUT2D eigenvalue weighted by molar-refractivity contribution is 6.04. The zero-order valence-electron chi connectivity index (χ0n) is 12.0. The summed E-state index contributed by atoms with van der Waals surface area (Å²) in [5, 5.41) is 6.57. The van der Waals surface area contributed by atoms with Gasteiger partial charge in [0.2, 0.25) is 0 Å². The van der Waals surface area contributed by atoms with Crippen LogP contribution in [0.3, 0.4) is 0 Å². The maximum Gasteiger partial charge on any atom is 0.325 e. The monoisotopic (exact) mass is 312 g/mol. The quantitative estimate of drug-likeness (QED) is 0.637. The summed E-state index contributed by atoms with van der Waals surface area (Å²) in [5.41, 5.74) is -0.521. The number of hydrogen-bond donors (Lipinski definition) is 3. The molecule has 23 heavy (non-hydrogen) atoms. The molecule has 0 spiro atoms. The van der Waals surface area contributed by atoms with Crippen molar-refractivity contribution in [2.24, 2.45) is 0 Å². The number of pyridine rings is 1. The Kier molecular flexibility index (Phi) is 3.59. The van der Waals surface area contributed by atoms with Crippen molar-refractivity contribution in [1.82, 2.24) is 24.7 Å². The first kappa shape index (κ1) is 14.4. The van der Waals surface area contributed by atoms with Crippen LogP contribution in [-0.4, -0.2) is 30.6 Å². The maximum atomic E-state index is 12.3. The van der Waals surface area contributed by atoms with Crippen LogP contribution in [0.25, 0.3) is 5.82 Å². The summed E-state index contributed by atoms with van der Waals surface area (Å²) in [6.45, 7) is 1.72. The number of aromatic amines is 2. The van der Waals surface area contributed by atoms with Crippen LogP contribution in [-0.2, 0) is 0 Å². The second kappa shape index (κ2) is 5.72. The second-order valence-corrected chi connectivity index (χ2v) is 4.68. The molecule has 0 aliphatic heterocycles. The van der Waals surface area contributed by atoms with Crippen molar-refractivity contribution >= 4 is 11.6 Å². The Morgan fingerprint density at radius 3 is 2.83 bits per heavy atom. The number of carbonyl (C=O) groups is 1. The Morgan fingerprint density at radius 1 is 1.30 bits per heavy atom. The molecule has 0 saturated heterocycles. The van der Waals surface area contributed by atoms with Gasteiger partial charge in [-0.15, -0.1) is 0 Å². The van der Waals surface area contributed by atoms with E-state index in [1.54, 1.807) is 25.3 Å². The predicted molar refractivity (Wildman–Crippen MR) is 81.7 cm³/mol. The Morgan fingerprint density at radius 2 is 2.13 bits per heavy atom. The molecular formula is C14H12N6O3. The van der Waals surface area contributed by atoms with Gasteiger partial charge in [-0.05, 0) is 19.1 Å². The summed E-state index contributed by atoms with van der Waals surface area (Å²) < 4.78 is 1.52. The van der Waals surface area contributed by atoms with E-state index in [0.717, 1.165) is 6.20 Å². The van der Waals surface area contributed by atoms with Crippen LogP contribution in [0.1, 0.15) is 16.1 Å². The molecule has 3 heterocycles. The first-order chi connectivity index (χ1) is 11.1. The number of hydrogen-bond acceptors (Lipinski definition) is 5. The van der Waals surface area contributed by atoms with Crippen LogP contribution in [0, 0.1) is 6.92 Å². The third-order valence-corrected chi connectivity index (χ3v) is 3.19. The number of nitrogens with zero attached hydrogens (tertiary/aromatic N) is 3. The summed E-state index contributed by atoms with van der Waals surface area (Å²) >= 11 is 0. The van der Waals surface area contributed by atoms with E-state index in [4.69, 9.17) is 0 Å². The first-order valence-corrected chi connectivity index (χ1v) is 6.65. The van der Waals surface area contributed by atoms with Crippen molar-refractivity contribution in [3.8, 4) is 5.82 Å². The molecule has 0 bridgehead atoms. The van der Waals surface area contributed by atoms with Gasteiger partial charge in [0.1, 0.15) is 5.69 Å². The van der Waals surface area contributed by atoms with Crippen LogP contribution in [0.2, 0.25) is 0 Å². The molecule has 116 valence electrons. The van der Waals surface area contributed by atoms with E-state index in [9.17, 15) is 14.4 Å². The van der Waals surface area contributed by atoms with Crippen molar-refractivity contribution in [3.63, 3.8) is 0 Å². The Bertz CT molecular complexity index is 970. The molecule has 0 aliphatic rings. The first-order valence-electron chi connectivity index (χ1n) is 6.65. The molecule has 3 aromatic rings. The molecule has 0 aliphatic carbocycles. The lowest BCUT2D eigenvalue weighted by Gasteiger charge is -2.05. The number of H-pyrrole nitrogens is 2. The van der Waals surface area contributed by atoms with E-state index >= 15 is 0 Å². The topological polar surface area (TPSA) is 126 Å². The minimum Gasteiger partial charge on any atom is -0.316 e. The summed E-state index contributed by atoms with van der Waals surface area (Å²) in [4.78, 5) is 43.3. The average Bonchev–Trinajstić information content (AvgIpc) is 2.92. The normalized spacial score (nSPS) is 10.5. The Hall–Kier alpha value is -3.49. The molecule has 0 unspecified atom stereocenters. The SMILES string of the molecule is Cc1c(C(=O)Nc2c[nH]c(=O)[nH]c2=O)cnn1-c1ccccn1. The smallest absolute Gasteiger partial charge is 0.316 e. The summed E-state index contributed by atoms with van der Waals surface area (Å²) in [5.74, 6) is 0.0631. The second-order valence-electron chi connectivity index (χ2n) is 4.68. The molecule has 0 saturated carbocycles. The molecule has 0 atom stereocenters. The number of rotatable bonds is 3. The van der Waals surface area contributed by atoms with Crippen molar-refractivity contribution in [2.75, 3.05) is 5.32 Å². The van der Waals surface area contributed by atoms with Gasteiger partial charge < -0.3 is 10.3 Å². The zero-order chi connectivity index (χ0) is 16.4. The largest absolute Gasteiger partial charge is 0.325 e. The molecule has 3 aromatic heterocycles. The highest BCUT2D eigenvalue weighted by Gasteiger charge is 2.16. The van der Waals surface area contributed by atoms with Gasteiger partial charge in [-0.1, -0.05) is 6.07 Å². The van der Waals surface area contributed by atoms with Crippen molar-refractivity contribution in [2.45, 2.75) is 6.92 Å². The lowest BCUT2D eigenvalue weighted by molar-refractivity contribution is 0.102. The Labute approximate surface area is 129 Å². The van der Waals surface area contributed by atoms with Gasteiger partial charge >= 0.3 is 5.69 Å². The van der Waals surface area contributed by atoms with Crippen LogP contribution in [0.5, 0.6) is 0 Å². The van der Waals surface area contributed by atoms with Gasteiger partial charge in [-0.25, -0.2) is 14.5 Å². The van der Waals surface area contributed by atoms with Gasteiger partial charge in [0.25, 0.3) is 11.5 Å². The predicted octanol–water partition coefficient (Wildman–Crippen LogP) is 0.205. The fourth-order valence-corrected chi connectivity index (χ4v) is 2.03.